The Morgan fingerprint density at radius 1 is 0.900 bits per heavy atom. The molecule has 0 aliphatic heterocycles. The van der Waals surface area contributed by atoms with E-state index in [4.69, 9.17) is 0 Å². The minimum Gasteiger partial charge on any atom is -0.353 e. The van der Waals surface area contributed by atoms with E-state index in [-0.39, 0.29) is 6.04 Å². The summed E-state index contributed by atoms with van der Waals surface area (Å²) in [4.78, 5) is 24.0. The van der Waals surface area contributed by atoms with Crippen molar-refractivity contribution in [2.45, 2.75) is 63.8 Å². The molecule has 1 amide bonds. The van der Waals surface area contributed by atoms with Gasteiger partial charge in [0.05, 0.1) is 0 Å². The smallest absolute Gasteiger partial charge is 0.223 e. The summed E-state index contributed by atoms with van der Waals surface area (Å²) in [5.74, 6) is 4.15. The van der Waals surface area contributed by atoms with E-state index >= 15 is 0 Å². The molecule has 0 radical (unpaired) electrons. The van der Waals surface area contributed by atoms with Crippen LogP contribution in [0.1, 0.15) is 57.8 Å². The lowest BCUT2D eigenvalue weighted by atomic mass is 9.51. The molecular formula is C17H25NO2. The largest absolute Gasteiger partial charge is 0.353 e. The van der Waals surface area contributed by atoms with Crippen molar-refractivity contribution in [3.63, 3.8) is 0 Å². The molecule has 0 atom stereocenters. The second kappa shape index (κ2) is 4.85. The van der Waals surface area contributed by atoms with Crippen molar-refractivity contribution in [2.24, 2.45) is 29.6 Å². The number of ketones is 1. The second-order valence-electron chi connectivity index (χ2n) is 7.78. The highest BCUT2D eigenvalue weighted by Crippen LogP contribution is 2.56. The number of nitrogens with one attached hydrogen (secondary N) is 1. The molecule has 0 aromatic carbocycles. The maximum absolute atomic E-state index is 12.7. The first-order chi connectivity index (χ1) is 9.69. The molecule has 0 saturated heterocycles. The van der Waals surface area contributed by atoms with Crippen LogP contribution in [0.5, 0.6) is 0 Å². The summed E-state index contributed by atoms with van der Waals surface area (Å²) < 4.78 is 0. The Labute approximate surface area is 120 Å². The molecule has 0 aromatic rings. The summed E-state index contributed by atoms with van der Waals surface area (Å²) in [5, 5.41) is 3.28. The zero-order valence-corrected chi connectivity index (χ0v) is 12.1. The van der Waals surface area contributed by atoms with Gasteiger partial charge in [-0.05, 0) is 68.6 Å². The van der Waals surface area contributed by atoms with Gasteiger partial charge in [0.15, 0.2) is 0 Å². The van der Waals surface area contributed by atoms with Gasteiger partial charge in [0.25, 0.3) is 0 Å². The van der Waals surface area contributed by atoms with Crippen molar-refractivity contribution in [3.05, 3.63) is 0 Å². The van der Waals surface area contributed by atoms with Crippen LogP contribution in [0.3, 0.4) is 0 Å². The van der Waals surface area contributed by atoms with Gasteiger partial charge in [-0.3, -0.25) is 9.59 Å². The summed E-state index contributed by atoms with van der Waals surface area (Å²) in [6.45, 7) is 0. The zero-order valence-electron chi connectivity index (χ0n) is 12.1. The molecule has 4 bridgehead atoms. The Kier molecular flexibility index (Phi) is 3.12. The lowest BCUT2D eigenvalue weighted by Gasteiger charge is -2.53. The maximum atomic E-state index is 12.7. The lowest BCUT2D eigenvalue weighted by molar-refractivity contribution is -0.139. The normalized spacial score (nSPS) is 43.8. The molecule has 3 heteroatoms. The maximum Gasteiger partial charge on any atom is 0.223 e. The van der Waals surface area contributed by atoms with E-state index in [0.717, 1.165) is 24.7 Å². The highest BCUT2D eigenvalue weighted by atomic mass is 16.2. The van der Waals surface area contributed by atoms with Gasteiger partial charge in [0, 0.05) is 24.8 Å². The van der Waals surface area contributed by atoms with Crippen LogP contribution in [0.15, 0.2) is 0 Å². The summed E-state index contributed by atoms with van der Waals surface area (Å²) in [6.07, 6.45) is 9.67. The Morgan fingerprint density at radius 3 is 2.00 bits per heavy atom. The van der Waals surface area contributed by atoms with Gasteiger partial charge < -0.3 is 5.32 Å². The molecule has 20 heavy (non-hydrogen) atoms. The fraction of sp³-hybridized carbons (Fsp3) is 0.882. The van der Waals surface area contributed by atoms with E-state index in [2.05, 4.69) is 5.32 Å². The Bertz CT molecular complexity index is 393. The van der Waals surface area contributed by atoms with Crippen LogP contribution >= 0.6 is 0 Å². The van der Waals surface area contributed by atoms with Gasteiger partial charge in [-0.2, -0.15) is 0 Å². The third kappa shape index (κ3) is 2.19. The lowest BCUT2D eigenvalue weighted by Crippen LogP contribution is -2.52. The molecule has 0 spiro atoms. The first-order valence-electron chi connectivity index (χ1n) is 8.51. The first kappa shape index (κ1) is 12.8. The van der Waals surface area contributed by atoms with Crippen molar-refractivity contribution < 1.29 is 9.59 Å². The number of Topliss-reactive ketones (excluding diaryl/α,β-unsaturated/α-hetero) is 1. The second-order valence-corrected chi connectivity index (χ2v) is 7.78. The quantitative estimate of drug-likeness (QED) is 0.842. The molecule has 0 heterocycles. The molecule has 0 aromatic heterocycles. The number of carbonyl (C=O) groups excluding carboxylic acids is 2. The van der Waals surface area contributed by atoms with Gasteiger partial charge in [-0.15, -0.1) is 0 Å². The van der Waals surface area contributed by atoms with E-state index in [9.17, 15) is 9.59 Å². The van der Waals surface area contributed by atoms with Gasteiger partial charge in [-0.25, -0.2) is 0 Å². The van der Waals surface area contributed by atoms with Crippen LogP contribution in [0.25, 0.3) is 0 Å². The van der Waals surface area contributed by atoms with Crippen LogP contribution in [0.2, 0.25) is 0 Å². The van der Waals surface area contributed by atoms with E-state index in [1.807, 2.05) is 0 Å². The van der Waals surface area contributed by atoms with Crippen LogP contribution in [-0.4, -0.2) is 17.7 Å². The predicted octanol–water partition coefficient (Wildman–Crippen LogP) is 2.69. The van der Waals surface area contributed by atoms with Crippen LogP contribution in [0.4, 0.5) is 0 Å². The van der Waals surface area contributed by atoms with E-state index < -0.39 is 0 Å². The molecule has 0 unspecified atom stereocenters. The average Bonchev–Trinajstić information content (AvgIpc) is 2.40. The van der Waals surface area contributed by atoms with Gasteiger partial charge >= 0.3 is 0 Å². The monoisotopic (exact) mass is 275 g/mol. The molecule has 110 valence electrons. The molecule has 5 fully saturated rings. The van der Waals surface area contributed by atoms with Crippen LogP contribution in [0, 0.1) is 29.6 Å². The van der Waals surface area contributed by atoms with Gasteiger partial charge in [0.1, 0.15) is 5.78 Å². The van der Waals surface area contributed by atoms with Crippen molar-refractivity contribution in [3.8, 4) is 0 Å². The molecule has 5 rings (SSSR count). The van der Waals surface area contributed by atoms with Crippen molar-refractivity contribution >= 4 is 11.7 Å². The van der Waals surface area contributed by atoms with Gasteiger partial charge in [-0.1, -0.05) is 0 Å². The average molecular weight is 275 g/mol. The summed E-state index contributed by atoms with van der Waals surface area (Å²) in [6, 6.07) is 0.261. The number of amides is 1. The van der Waals surface area contributed by atoms with E-state index in [0.29, 0.717) is 42.3 Å². The Balaban J connectivity index is 1.40. The Morgan fingerprint density at radius 2 is 1.45 bits per heavy atom. The molecule has 5 saturated carbocycles. The van der Waals surface area contributed by atoms with Gasteiger partial charge in [0.2, 0.25) is 5.91 Å². The minimum absolute atomic E-state index is 0.261. The standard InChI is InChI=1S/C17H25NO2/c19-15-3-1-14(2-4-15)18-17(20)16-12-6-10-5-11(8-12)9-13(16)7-10/h10-14,16H,1-9H2,(H,18,20). The highest BCUT2D eigenvalue weighted by Gasteiger charge is 2.50. The van der Waals surface area contributed by atoms with Crippen LogP contribution in [-0.2, 0) is 9.59 Å². The summed E-state index contributed by atoms with van der Waals surface area (Å²) in [5.41, 5.74) is 0. The predicted molar refractivity (Wildman–Crippen MR) is 75.9 cm³/mol. The summed E-state index contributed by atoms with van der Waals surface area (Å²) in [7, 11) is 0. The topological polar surface area (TPSA) is 46.2 Å². The Hall–Kier alpha value is -0.860. The van der Waals surface area contributed by atoms with E-state index in [1.165, 1.54) is 32.1 Å². The van der Waals surface area contributed by atoms with Crippen LogP contribution < -0.4 is 5.32 Å². The fourth-order valence-electron chi connectivity index (χ4n) is 5.73. The molecule has 5 aliphatic carbocycles. The molecule has 5 aliphatic rings. The first-order valence-corrected chi connectivity index (χ1v) is 8.51. The minimum atomic E-state index is 0.261. The number of rotatable bonds is 2. The fourth-order valence-corrected chi connectivity index (χ4v) is 5.73. The molecular weight excluding hydrogens is 250 g/mol. The van der Waals surface area contributed by atoms with E-state index in [1.54, 1.807) is 0 Å². The molecule has 1 N–H and O–H groups in total. The van der Waals surface area contributed by atoms with Crippen molar-refractivity contribution in [1.82, 2.24) is 5.32 Å². The number of hydrogen-bond acceptors (Lipinski definition) is 2. The van der Waals surface area contributed by atoms with Crippen molar-refractivity contribution in [2.75, 3.05) is 0 Å². The van der Waals surface area contributed by atoms with Crippen molar-refractivity contribution in [1.29, 1.82) is 0 Å². The SMILES string of the molecule is O=C1CCC(NC(=O)C2C3CC4CC(C3)CC2C4)CC1. The zero-order chi connectivity index (χ0) is 13.7. The summed E-state index contributed by atoms with van der Waals surface area (Å²) >= 11 is 0. The number of hydrogen-bond donors (Lipinski definition) is 1. The highest BCUT2D eigenvalue weighted by molar-refractivity contribution is 5.82. The third-order valence-corrected chi connectivity index (χ3v) is 6.42. The number of carbonyl (C=O) groups is 2. The third-order valence-electron chi connectivity index (χ3n) is 6.42. The molecule has 3 nitrogen and oxygen atoms in total.